The number of benzene rings is 1. The molecule has 0 N–H and O–H groups in total. The maximum Gasteiger partial charge on any atom is 0.338 e. The van der Waals surface area contributed by atoms with Gasteiger partial charge in [0.15, 0.2) is 0 Å². The molecule has 5 rings (SSSR count). The van der Waals surface area contributed by atoms with Gasteiger partial charge in [-0.3, -0.25) is 9.59 Å². The van der Waals surface area contributed by atoms with E-state index in [2.05, 4.69) is 15.9 Å². The van der Waals surface area contributed by atoms with Gasteiger partial charge in [-0.15, -0.1) is 0 Å². The normalized spacial score (nSPS) is 33.1. The Bertz CT molecular complexity index is 1530. The number of carbonyl (C=O) groups is 5. The third-order valence-electron chi connectivity index (χ3n) is 11.0. The first kappa shape index (κ1) is 35.8. The minimum Gasteiger partial charge on any atom is -0.465 e. The van der Waals surface area contributed by atoms with Crippen LogP contribution in [0.4, 0.5) is 0 Å². The van der Waals surface area contributed by atoms with Crippen molar-refractivity contribution in [1.82, 2.24) is 0 Å². The number of fused-ring (bicyclic) bond motifs is 2. The lowest BCUT2D eigenvalue weighted by atomic mass is 9.42. The molecule has 8 atom stereocenters. The van der Waals surface area contributed by atoms with Crippen molar-refractivity contribution in [2.75, 3.05) is 19.8 Å². The van der Waals surface area contributed by atoms with E-state index >= 15 is 0 Å². The average molecular weight is 732 g/mol. The number of esters is 5. The molecular weight excluding hydrogens is 688 g/mol. The van der Waals surface area contributed by atoms with Crippen LogP contribution in [0.1, 0.15) is 77.6 Å². The molecule has 1 saturated heterocycles. The van der Waals surface area contributed by atoms with E-state index in [0.717, 1.165) is 4.47 Å². The van der Waals surface area contributed by atoms with Crippen molar-refractivity contribution in [2.45, 2.75) is 91.1 Å². The van der Waals surface area contributed by atoms with Crippen molar-refractivity contribution in [1.29, 1.82) is 0 Å². The monoisotopic (exact) mass is 730 g/mol. The van der Waals surface area contributed by atoms with Crippen LogP contribution >= 0.6 is 15.9 Å². The number of epoxide rings is 1. The Hall–Kier alpha value is -3.51. The standard InChI is InChI=1S/C36H43BrO11/c1-7-20(2)32(41)47-27-12-13-35(18-45-35)36(19-44-22(4)38)29(46-23(5)39)14-21(3)34(6,31(27)36)16-28(25-15-30(40)43-17-25)48-33(42)24-8-10-26(37)11-9-24/h7-11,15,21,27-29,31H,12-14,16-19H2,1-6H3. The van der Waals surface area contributed by atoms with Gasteiger partial charge in [-0.2, -0.15) is 0 Å². The van der Waals surface area contributed by atoms with Crippen LogP contribution in [0.25, 0.3) is 0 Å². The first-order chi connectivity index (χ1) is 22.7. The Morgan fingerprint density at radius 1 is 1.08 bits per heavy atom. The lowest BCUT2D eigenvalue weighted by molar-refractivity contribution is -0.258. The Kier molecular flexibility index (Phi) is 10.3. The van der Waals surface area contributed by atoms with E-state index in [1.165, 1.54) is 19.9 Å². The Labute approximate surface area is 288 Å². The molecule has 2 aliphatic carbocycles. The summed E-state index contributed by atoms with van der Waals surface area (Å²) in [5, 5.41) is 0. The van der Waals surface area contributed by atoms with Gasteiger partial charge in [-0.25, -0.2) is 14.4 Å². The molecule has 8 unspecified atom stereocenters. The van der Waals surface area contributed by atoms with E-state index < -0.39 is 70.5 Å². The number of cyclic esters (lactones) is 1. The van der Waals surface area contributed by atoms with Gasteiger partial charge < -0.3 is 28.4 Å². The van der Waals surface area contributed by atoms with Gasteiger partial charge in [-0.1, -0.05) is 35.9 Å². The third-order valence-corrected chi connectivity index (χ3v) is 11.5. The van der Waals surface area contributed by atoms with Crippen molar-refractivity contribution in [3.63, 3.8) is 0 Å². The summed E-state index contributed by atoms with van der Waals surface area (Å²) in [7, 11) is 0. The maximum absolute atomic E-state index is 13.6. The SMILES string of the molecule is CC=C(C)C(=O)OC1CCC2(CO2)C2(COC(C)=O)C(OC(C)=O)CC(C)C(C)(CC(OC(=O)c3ccc(Br)cc3)C3=CC(=O)OC3)C12. The molecule has 260 valence electrons. The quantitative estimate of drug-likeness (QED) is 0.132. The molecule has 0 aromatic heterocycles. The van der Waals surface area contributed by atoms with Crippen molar-refractivity contribution in [3.8, 4) is 0 Å². The highest BCUT2D eigenvalue weighted by molar-refractivity contribution is 9.10. The van der Waals surface area contributed by atoms with Crippen LogP contribution in [0, 0.1) is 22.7 Å². The second-order valence-corrected chi connectivity index (χ2v) is 14.6. The lowest BCUT2D eigenvalue weighted by Gasteiger charge is -2.64. The number of hydrogen-bond acceptors (Lipinski definition) is 11. The topological polar surface area (TPSA) is 144 Å². The molecule has 2 aliphatic heterocycles. The number of hydrogen-bond donors (Lipinski definition) is 0. The minimum absolute atomic E-state index is 0.0487. The van der Waals surface area contributed by atoms with Crippen LogP contribution in [-0.4, -0.2) is 73.6 Å². The summed E-state index contributed by atoms with van der Waals surface area (Å²) in [6, 6.07) is 6.75. The van der Waals surface area contributed by atoms with Gasteiger partial charge >= 0.3 is 29.8 Å². The fourth-order valence-electron chi connectivity index (χ4n) is 8.20. The summed E-state index contributed by atoms with van der Waals surface area (Å²) in [4.78, 5) is 64.3. The summed E-state index contributed by atoms with van der Waals surface area (Å²) >= 11 is 3.39. The molecule has 12 heteroatoms. The highest BCUT2D eigenvalue weighted by Gasteiger charge is 2.77. The summed E-state index contributed by atoms with van der Waals surface area (Å²) < 4.78 is 36.7. The van der Waals surface area contributed by atoms with Crippen molar-refractivity contribution < 1.29 is 52.4 Å². The number of halogens is 1. The number of ether oxygens (including phenoxy) is 6. The number of allylic oxidation sites excluding steroid dienone is 1. The Morgan fingerprint density at radius 2 is 1.77 bits per heavy atom. The zero-order chi connectivity index (χ0) is 35.0. The molecule has 48 heavy (non-hydrogen) atoms. The van der Waals surface area contributed by atoms with Crippen LogP contribution in [0.5, 0.6) is 0 Å². The fraction of sp³-hybridized carbons (Fsp3) is 0.583. The van der Waals surface area contributed by atoms with E-state index in [-0.39, 0.29) is 25.6 Å². The molecular formula is C36H43BrO11. The average Bonchev–Trinajstić information content (AvgIpc) is 3.69. The molecule has 1 aromatic carbocycles. The second-order valence-electron chi connectivity index (χ2n) is 13.7. The first-order valence-corrected chi connectivity index (χ1v) is 17.1. The molecule has 3 fully saturated rings. The number of rotatable bonds is 10. The van der Waals surface area contributed by atoms with Gasteiger partial charge in [-0.05, 0) is 75.1 Å². The van der Waals surface area contributed by atoms with Crippen LogP contribution < -0.4 is 0 Å². The van der Waals surface area contributed by atoms with E-state index in [1.807, 2.05) is 13.8 Å². The molecule has 2 saturated carbocycles. The van der Waals surface area contributed by atoms with E-state index in [1.54, 1.807) is 44.2 Å². The molecule has 2 heterocycles. The van der Waals surface area contributed by atoms with Crippen LogP contribution in [0.2, 0.25) is 0 Å². The van der Waals surface area contributed by atoms with Crippen molar-refractivity contribution in [2.24, 2.45) is 22.7 Å². The summed E-state index contributed by atoms with van der Waals surface area (Å²) in [6.45, 7) is 10.3. The predicted molar refractivity (Wildman–Crippen MR) is 174 cm³/mol. The van der Waals surface area contributed by atoms with E-state index in [0.29, 0.717) is 42.6 Å². The fourth-order valence-corrected chi connectivity index (χ4v) is 8.47. The van der Waals surface area contributed by atoms with E-state index in [4.69, 9.17) is 28.4 Å². The summed E-state index contributed by atoms with van der Waals surface area (Å²) in [5.41, 5.74) is -1.50. The maximum atomic E-state index is 13.6. The Morgan fingerprint density at radius 3 is 2.33 bits per heavy atom. The zero-order valence-corrected chi connectivity index (χ0v) is 29.8. The van der Waals surface area contributed by atoms with Gasteiger partial charge in [0.25, 0.3) is 0 Å². The molecule has 0 radical (unpaired) electrons. The highest BCUT2D eigenvalue weighted by atomic mass is 79.9. The largest absolute Gasteiger partial charge is 0.465 e. The highest BCUT2D eigenvalue weighted by Crippen LogP contribution is 2.70. The molecule has 11 nitrogen and oxygen atoms in total. The zero-order valence-electron chi connectivity index (χ0n) is 28.2. The molecule has 1 spiro atoms. The molecule has 4 aliphatic rings. The molecule has 0 bridgehead atoms. The molecule has 0 amide bonds. The molecule has 1 aromatic rings. The van der Waals surface area contributed by atoms with Crippen molar-refractivity contribution >= 4 is 45.8 Å². The smallest absolute Gasteiger partial charge is 0.338 e. The van der Waals surface area contributed by atoms with Gasteiger partial charge in [0.1, 0.15) is 37.1 Å². The summed E-state index contributed by atoms with van der Waals surface area (Å²) in [6.07, 6.45) is 2.17. The van der Waals surface area contributed by atoms with Gasteiger partial charge in [0.2, 0.25) is 0 Å². The predicted octanol–water partition coefficient (Wildman–Crippen LogP) is 5.43. The third kappa shape index (κ3) is 6.70. The minimum atomic E-state index is -1.12. The summed E-state index contributed by atoms with van der Waals surface area (Å²) in [5.74, 6) is -3.43. The van der Waals surface area contributed by atoms with Crippen molar-refractivity contribution in [3.05, 3.63) is 57.6 Å². The second kappa shape index (κ2) is 13.8. The van der Waals surface area contributed by atoms with Gasteiger partial charge in [0.05, 0.1) is 17.6 Å². The first-order valence-electron chi connectivity index (χ1n) is 16.3. The Balaban J connectivity index is 1.65. The van der Waals surface area contributed by atoms with Crippen LogP contribution in [-0.2, 0) is 47.6 Å². The number of carbonyl (C=O) groups excluding carboxylic acids is 5. The van der Waals surface area contributed by atoms with E-state index in [9.17, 15) is 24.0 Å². The van der Waals surface area contributed by atoms with Crippen LogP contribution in [0.3, 0.4) is 0 Å². The van der Waals surface area contributed by atoms with Crippen LogP contribution in [0.15, 0.2) is 52.0 Å². The van der Waals surface area contributed by atoms with Gasteiger partial charge in [0, 0.05) is 41.5 Å². The lowest BCUT2D eigenvalue weighted by Crippen LogP contribution is -2.71.